The molecular weight excluding hydrogens is 383 g/mol. The van der Waals surface area contributed by atoms with Gasteiger partial charge in [0.2, 0.25) is 0 Å². The van der Waals surface area contributed by atoms with Gasteiger partial charge in [-0.25, -0.2) is 0 Å². The van der Waals surface area contributed by atoms with E-state index in [-0.39, 0.29) is 24.4 Å². The van der Waals surface area contributed by atoms with Gasteiger partial charge in [0.25, 0.3) is 0 Å². The van der Waals surface area contributed by atoms with Crippen molar-refractivity contribution < 1.29 is 19.0 Å². The van der Waals surface area contributed by atoms with Crippen molar-refractivity contribution in [2.45, 2.75) is 26.1 Å². The molecule has 0 saturated heterocycles. The van der Waals surface area contributed by atoms with Crippen LogP contribution in [0.15, 0.2) is 34.4 Å². The molecule has 0 aliphatic rings. The fourth-order valence-electron chi connectivity index (χ4n) is 1.81. The molecule has 1 aromatic rings. The molecule has 5 heteroatoms. The van der Waals surface area contributed by atoms with Crippen molar-refractivity contribution in [3.8, 4) is 5.75 Å². The van der Waals surface area contributed by atoms with Crippen LogP contribution in [0.25, 0.3) is 0 Å². The van der Waals surface area contributed by atoms with Gasteiger partial charge in [-0.05, 0) is 21.8 Å². The van der Waals surface area contributed by atoms with Gasteiger partial charge in [-0.3, -0.25) is 4.79 Å². The Morgan fingerprint density at radius 2 is 1.95 bits per heavy atom. The van der Waals surface area contributed by atoms with E-state index in [1.54, 1.807) is 7.11 Å². The van der Waals surface area contributed by atoms with Crippen molar-refractivity contribution in [2.75, 3.05) is 14.2 Å². The maximum atomic E-state index is 11.5. The summed E-state index contributed by atoms with van der Waals surface area (Å²) in [5.41, 5.74) is 1.04. The molecule has 4 nitrogen and oxygen atoms in total. The number of carbonyl (C=O) groups excluding carboxylic acids is 1. The van der Waals surface area contributed by atoms with Gasteiger partial charge in [0.05, 0.1) is 33.4 Å². The maximum Gasteiger partial charge on any atom is 0.308 e. The molecule has 1 aromatic carbocycles. The highest BCUT2D eigenvalue weighted by Gasteiger charge is 2.20. The summed E-state index contributed by atoms with van der Waals surface area (Å²) >= 11 is 2.16. The molecule has 1 rings (SSSR count). The number of esters is 1. The summed E-state index contributed by atoms with van der Waals surface area (Å²) in [6.07, 6.45) is 2.06. The summed E-state index contributed by atoms with van der Waals surface area (Å²) in [4.78, 5) is 11.5. The topological polar surface area (TPSA) is 44.8 Å². The summed E-state index contributed by atoms with van der Waals surface area (Å²) in [7, 11) is 3.03. The normalized spacial score (nSPS) is 13.9. The number of carbonyl (C=O) groups is 1. The van der Waals surface area contributed by atoms with Gasteiger partial charge in [0.1, 0.15) is 5.75 Å². The predicted molar refractivity (Wildman–Crippen MR) is 90.5 cm³/mol. The number of hydrogen-bond acceptors (Lipinski definition) is 4. The van der Waals surface area contributed by atoms with Gasteiger partial charge < -0.3 is 14.2 Å². The number of benzene rings is 1. The number of halogens is 1. The highest BCUT2D eigenvalue weighted by molar-refractivity contribution is 14.1. The first-order valence-corrected chi connectivity index (χ1v) is 7.93. The minimum atomic E-state index is -0.261. The Balaban J connectivity index is 2.64. The molecule has 0 aliphatic carbocycles. The molecule has 0 unspecified atom stereocenters. The van der Waals surface area contributed by atoms with Crippen molar-refractivity contribution in [3.63, 3.8) is 0 Å². The molecule has 21 heavy (non-hydrogen) atoms. The first-order chi connectivity index (χ1) is 10.1. The third-order valence-electron chi connectivity index (χ3n) is 3.18. The lowest BCUT2D eigenvalue weighted by Crippen LogP contribution is -2.24. The van der Waals surface area contributed by atoms with Crippen LogP contribution in [0.3, 0.4) is 0 Å². The molecule has 2 atom stereocenters. The lowest BCUT2D eigenvalue weighted by atomic mass is 10.0. The Bertz CT molecular complexity index is 456. The smallest absolute Gasteiger partial charge is 0.308 e. The molecule has 116 valence electrons. The fourth-order valence-corrected chi connectivity index (χ4v) is 2.46. The first-order valence-electron chi connectivity index (χ1n) is 6.69. The lowest BCUT2D eigenvalue weighted by molar-refractivity contribution is -0.144. The average molecular weight is 404 g/mol. The summed E-state index contributed by atoms with van der Waals surface area (Å²) < 4.78 is 17.7. The van der Waals surface area contributed by atoms with E-state index in [9.17, 15) is 4.79 Å². The Labute approximate surface area is 139 Å². The summed E-state index contributed by atoms with van der Waals surface area (Å²) in [5.74, 6) is 0.689. The van der Waals surface area contributed by atoms with Gasteiger partial charge in [-0.15, -0.1) is 0 Å². The van der Waals surface area contributed by atoms with Crippen LogP contribution >= 0.6 is 22.6 Å². The molecule has 0 radical (unpaired) electrons. The second-order valence-corrected chi connectivity index (χ2v) is 5.37. The lowest BCUT2D eigenvalue weighted by Gasteiger charge is -2.21. The molecule has 0 bridgehead atoms. The Hall–Kier alpha value is -1.08. The summed E-state index contributed by atoms with van der Waals surface area (Å²) in [5, 5.41) is 0. The molecule has 0 aromatic heterocycles. The molecule has 0 N–H and O–H groups in total. The van der Waals surface area contributed by atoms with Crippen molar-refractivity contribution in [1.29, 1.82) is 0 Å². The zero-order valence-corrected chi connectivity index (χ0v) is 14.7. The zero-order valence-electron chi connectivity index (χ0n) is 12.5. The van der Waals surface area contributed by atoms with E-state index in [1.807, 2.05) is 41.3 Å². The second kappa shape index (κ2) is 9.78. The molecule has 0 heterocycles. The van der Waals surface area contributed by atoms with Crippen LogP contribution in [0.5, 0.6) is 5.75 Å². The molecule has 0 fully saturated rings. The standard InChI is InChI=1S/C16H21IO4/c1-12(8-9-17)15(10-16(18)20-3)21-11-13-4-6-14(19-2)7-5-13/h4-9,12,15H,10-11H2,1-3H3/b9-8+/t12-,15+/m1/s1. The van der Waals surface area contributed by atoms with Gasteiger partial charge in [0, 0.05) is 5.92 Å². The maximum absolute atomic E-state index is 11.5. The monoisotopic (exact) mass is 404 g/mol. The molecule has 0 saturated carbocycles. The van der Waals surface area contributed by atoms with Crippen LogP contribution in [0.2, 0.25) is 0 Å². The van der Waals surface area contributed by atoms with Gasteiger partial charge in [-0.2, -0.15) is 0 Å². The fraction of sp³-hybridized carbons (Fsp3) is 0.438. The third-order valence-corrected chi connectivity index (χ3v) is 3.60. The Morgan fingerprint density at radius 3 is 2.48 bits per heavy atom. The molecule has 0 aliphatic heterocycles. The Kier molecular flexibility index (Phi) is 8.37. The summed E-state index contributed by atoms with van der Waals surface area (Å²) in [6, 6.07) is 7.68. The zero-order chi connectivity index (χ0) is 15.7. The molecule has 0 spiro atoms. The molecule has 0 amide bonds. The third kappa shape index (κ3) is 6.48. The van der Waals surface area contributed by atoms with Crippen molar-refractivity contribution in [3.05, 3.63) is 40.0 Å². The average Bonchev–Trinajstić information content (AvgIpc) is 2.51. The van der Waals surface area contributed by atoms with E-state index < -0.39 is 0 Å². The minimum Gasteiger partial charge on any atom is -0.497 e. The molecular formula is C16H21IO4. The number of rotatable bonds is 8. The van der Waals surface area contributed by atoms with Crippen LogP contribution in [-0.4, -0.2) is 26.3 Å². The van der Waals surface area contributed by atoms with Gasteiger partial charge >= 0.3 is 5.97 Å². The van der Waals surface area contributed by atoms with Crippen molar-refractivity contribution in [2.24, 2.45) is 5.92 Å². The Morgan fingerprint density at radius 1 is 1.29 bits per heavy atom. The minimum absolute atomic E-state index is 0.138. The van der Waals surface area contributed by atoms with E-state index in [2.05, 4.69) is 22.6 Å². The largest absolute Gasteiger partial charge is 0.497 e. The van der Waals surface area contributed by atoms with Gasteiger partial charge in [-0.1, -0.05) is 47.7 Å². The van der Waals surface area contributed by atoms with Crippen molar-refractivity contribution in [1.82, 2.24) is 0 Å². The van der Waals surface area contributed by atoms with E-state index in [0.717, 1.165) is 11.3 Å². The quantitative estimate of drug-likeness (QED) is 0.490. The van der Waals surface area contributed by atoms with Crippen LogP contribution < -0.4 is 4.74 Å². The highest BCUT2D eigenvalue weighted by Crippen LogP contribution is 2.18. The number of hydrogen-bond donors (Lipinski definition) is 0. The highest BCUT2D eigenvalue weighted by atomic mass is 127. The van der Waals surface area contributed by atoms with Crippen LogP contribution in [0.1, 0.15) is 18.9 Å². The van der Waals surface area contributed by atoms with Crippen LogP contribution in [0.4, 0.5) is 0 Å². The van der Waals surface area contributed by atoms with E-state index >= 15 is 0 Å². The van der Waals surface area contributed by atoms with Crippen LogP contribution in [-0.2, 0) is 20.9 Å². The number of methoxy groups -OCH3 is 2. The second-order valence-electron chi connectivity index (χ2n) is 4.66. The SMILES string of the molecule is COC(=O)C[C@H](OCc1ccc(OC)cc1)[C@H](C)/C=C/I. The predicted octanol–water partition coefficient (Wildman–Crippen LogP) is 3.73. The summed E-state index contributed by atoms with van der Waals surface area (Å²) in [6.45, 7) is 2.47. The van der Waals surface area contributed by atoms with E-state index in [4.69, 9.17) is 14.2 Å². The van der Waals surface area contributed by atoms with E-state index in [1.165, 1.54) is 7.11 Å². The van der Waals surface area contributed by atoms with E-state index in [0.29, 0.717) is 6.61 Å². The number of ether oxygens (including phenoxy) is 3. The van der Waals surface area contributed by atoms with Crippen molar-refractivity contribution >= 4 is 28.6 Å². The van der Waals surface area contributed by atoms with Gasteiger partial charge in [0.15, 0.2) is 0 Å². The first kappa shape index (κ1) is 18.0. The van der Waals surface area contributed by atoms with Crippen LogP contribution in [0, 0.1) is 5.92 Å².